The topological polar surface area (TPSA) is 12.0 Å². The number of rotatable bonds is 3. The minimum absolute atomic E-state index is 0.0729. The summed E-state index contributed by atoms with van der Waals surface area (Å²) < 4.78 is 13.9. The summed E-state index contributed by atoms with van der Waals surface area (Å²) in [6.45, 7) is 2.11. The fourth-order valence-electron chi connectivity index (χ4n) is 5.40. The predicted octanol–water partition coefficient (Wildman–Crippen LogP) is 4.30. The van der Waals surface area contributed by atoms with Crippen LogP contribution in [0, 0.1) is 29.5 Å². The summed E-state index contributed by atoms with van der Waals surface area (Å²) in [6, 6.07) is 7.95. The molecule has 1 nitrogen and oxygen atoms in total. The molecule has 0 unspecified atom stereocenters. The van der Waals surface area contributed by atoms with Gasteiger partial charge in [0.1, 0.15) is 5.82 Å². The maximum Gasteiger partial charge on any atom is 0.127 e. The molecule has 0 aliphatic heterocycles. The molecule has 0 saturated heterocycles. The van der Waals surface area contributed by atoms with Crippen molar-refractivity contribution in [3.8, 4) is 0 Å². The number of benzene rings is 1. The highest BCUT2D eigenvalue weighted by molar-refractivity contribution is 5.21. The number of nitrogens with one attached hydrogen (secondary N) is 1. The monoisotopic (exact) mass is 273 g/mol. The molecule has 1 N–H and O–H groups in total. The van der Waals surface area contributed by atoms with Crippen molar-refractivity contribution in [3.05, 3.63) is 35.6 Å². The van der Waals surface area contributed by atoms with Crippen LogP contribution >= 0.6 is 0 Å². The van der Waals surface area contributed by atoms with Crippen molar-refractivity contribution < 1.29 is 4.39 Å². The summed E-state index contributed by atoms with van der Waals surface area (Å²) in [7, 11) is 0. The van der Waals surface area contributed by atoms with Gasteiger partial charge in [-0.3, -0.25) is 0 Å². The molecule has 1 aromatic carbocycles. The fraction of sp³-hybridized carbons (Fsp3) is 0.667. The van der Waals surface area contributed by atoms with Crippen molar-refractivity contribution in [3.63, 3.8) is 0 Å². The van der Waals surface area contributed by atoms with Crippen LogP contribution in [-0.2, 0) is 0 Å². The second kappa shape index (κ2) is 4.84. The van der Waals surface area contributed by atoms with Crippen LogP contribution in [0.15, 0.2) is 24.3 Å². The molecule has 1 aromatic rings. The normalized spacial score (nSPS) is 40.0. The van der Waals surface area contributed by atoms with E-state index >= 15 is 0 Å². The van der Waals surface area contributed by atoms with Gasteiger partial charge < -0.3 is 5.32 Å². The Morgan fingerprint density at radius 3 is 2.20 bits per heavy atom. The van der Waals surface area contributed by atoms with E-state index in [9.17, 15) is 4.39 Å². The van der Waals surface area contributed by atoms with Crippen LogP contribution < -0.4 is 5.32 Å². The van der Waals surface area contributed by atoms with E-state index in [4.69, 9.17) is 0 Å². The Labute approximate surface area is 121 Å². The lowest BCUT2D eigenvalue weighted by atomic mass is 9.54. The summed E-state index contributed by atoms with van der Waals surface area (Å²) in [6.07, 6.45) is 7.13. The zero-order chi connectivity index (χ0) is 13.7. The maximum absolute atomic E-state index is 13.9. The Balaban J connectivity index is 1.50. The minimum atomic E-state index is -0.0729. The van der Waals surface area contributed by atoms with Gasteiger partial charge >= 0.3 is 0 Å². The molecule has 0 aromatic heterocycles. The summed E-state index contributed by atoms with van der Waals surface area (Å²) in [4.78, 5) is 0. The van der Waals surface area contributed by atoms with Gasteiger partial charge in [0, 0.05) is 17.6 Å². The third-order valence-corrected chi connectivity index (χ3v) is 6.04. The third kappa shape index (κ3) is 2.09. The van der Waals surface area contributed by atoms with Crippen molar-refractivity contribution in [2.75, 3.05) is 0 Å². The van der Waals surface area contributed by atoms with Crippen LogP contribution in [0.5, 0.6) is 0 Å². The molecular formula is C18H24FN. The van der Waals surface area contributed by atoms with Crippen LogP contribution in [0.2, 0.25) is 0 Å². The maximum atomic E-state index is 13.9. The molecule has 2 heteroatoms. The van der Waals surface area contributed by atoms with Gasteiger partial charge in [0.25, 0.3) is 0 Å². The van der Waals surface area contributed by atoms with Crippen LogP contribution in [0.4, 0.5) is 4.39 Å². The van der Waals surface area contributed by atoms with Crippen LogP contribution in [0.3, 0.4) is 0 Å². The smallest absolute Gasteiger partial charge is 0.127 e. The Hall–Kier alpha value is -0.890. The van der Waals surface area contributed by atoms with Crippen LogP contribution in [-0.4, -0.2) is 6.04 Å². The second-order valence-corrected chi connectivity index (χ2v) is 7.37. The van der Waals surface area contributed by atoms with Crippen molar-refractivity contribution in [1.82, 2.24) is 5.32 Å². The highest BCUT2D eigenvalue weighted by Gasteiger charge is 2.48. The molecule has 4 saturated carbocycles. The lowest BCUT2D eigenvalue weighted by Crippen LogP contribution is -2.54. The van der Waals surface area contributed by atoms with Gasteiger partial charge in [0.05, 0.1) is 0 Å². The molecule has 4 aliphatic rings. The number of hydrogen-bond acceptors (Lipinski definition) is 1. The van der Waals surface area contributed by atoms with Gasteiger partial charge in [-0.05, 0) is 68.8 Å². The van der Waals surface area contributed by atoms with Gasteiger partial charge in [-0.25, -0.2) is 4.39 Å². The standard InChI is InChI=1S/C18H24FN/c1-11(16-4-2-3-5-17(16)19)20-18-14-7-12-6-13(9-14)10-15(18)8-12/h2-5,11-15,18,20H,6-10H2,1H3/t11-,12?,13?,14?,15?,18?/m1/s1. The Morgan fingerprint density at radius 1 is 1.00 bits per heavy atom. The van der Waals surface area contributed by atoms with Crippen molar-refractivity contribution in [1.29, 1.82) is 0 Å². The van der Waals surface area contributed by atoms with Crippen molar-refractivity contribution in [2.24, 2.45) is 23.7 Å². The van der Waals surface area contributed by atoms with Crippen molar-refractivity contribution in [2.45, 2.75) is 51.1 Å². The molecule has 20 heavy (non-hydrogen) atoms. The highest BCUT2D eigenvalue weighted by Crippen LogP contribution is 2.54. The second-order valence-electron chi connectivity index (χ2n) is 7.37. The Morgan fingerprint density at radius 2 is 1.60 bits per heavy atom. The molecule has 4 bridgehead atoms. The molecule has 0 spiro atoms. The summed E-state index contributed by atoms with van der Waals surface area (Å²) in [5, 5.41) is 3.78. The predicted molar refractivity (Wildman–Crippen MR) is 78.8 cm³/mol. The first-order valence-electron chi connectivity index (χ1n) is 8.21. The lowest BCUT2D eigenvalue weighted by molar-refractivity contribution is -0.0172. The molecule has 4 fully saturated rings. The van der Waals surface area contributed by atoms with Crippen molar-refractivity contribution >= 4 is 0 Å². The molecule has 108 valence electrons. The zero-order valence-electron chi connectivity index (χ0n) is 12.2. The van der Waals surface area contributed by atoms with E-state index < -0.39 is 0 Å². The van der Waals surface area contributed by atoms with E-state index in [-0.39, 0.29) is 11.9 Å². The summed E-state index contributed by atoms with van der Waals surface area (Å²) >= 11 is 0. The third-order valence-electron chi connectivity index (χ3n) is 6.04. The van der Waals surface area contributed by atoms with Gasteiger partial charge in [0.2, 0.25) is 0 Å². The first kappa shape index (κ1) is 12.8. The Bertz CT molecular complexity index is 470. The number of halogens is 1. The summed E-state index contributed by atoms with van der Waals surface area (Å²) in [5.74, 6) is 3.62. The minimum Gasteiger partial charge on any atom is -0.307 e. The molecule has 4 aliphatic carbocycles. The van der Waals surface area contributed by atoms with E-state index in [1.807, 2.05) is 12.1 Å². The van der Waals surface area contributed by atoms with Crippen LogP contribution in [0.1, 0.15) is 50.6 Å². The first-order valence-corrected chi connectivity index (χ1v) is 8.21. The SMILES string of the molecule is C[C@@H](NC1C2CC3CC(C2)CC1C3)c1ccccc1F. The molecule has 5 rings (SSSR count). The lowest BCUT2D eigenvalue weighted by Gasteiger charge is -2.55. The quantitative estimate of drug-likeness (QED) is 0.865. The fourth-order valence-corrected chi connectivity index (χ4v) is 5.40. The molecule has 0 radical (unpaired) electrons. The van der Waals surface area contributed by atoms with Gasteiger partial charge in [-0.1, -0.05) is 18.2 Å². The first-order chi connectivity index (χ1) is 9.70. The largest absolute Gasteiger partial charge is 0.307 e. The molecule has 0 amide bonds. The van der Waals surface area contributed by atoms with E-state index in [2.05, 4.69) is 12.2 Å². The van der Waals surface area contributed by atoms with Gasteiger partial charge in [0.15, 0.2) is 0 Å². The Kier molecular flexibility index (Phi) is 3.10. The average Bonchev–Trinajstić information content (AvgIpc) is 2.42. The van der Waals surface area contributed by atoms with E-state index in [0.717, 1.165) is 29.2 Å². The van der Waals surface area contributed by atoms with E-state index in [1.54, 1.807) is 12.1 Å². The summed E-state index contributed by atoms with van der Waals surface area (Å²) in [5.41, 5.74) is 0.821. The zero-order valence-corrected chi connectivity index (χ0v) is 12.2. The van der Waals surface area contributed by atoms with Gasteiger partial charge in [-0.2, -0.15) is 0 Å². The molecular weight excluding hydrogens is 249 g/mol. The molecule has 0 heterocycles. The molecule has 1 atom stereocenters. The highest BCUT2D eigenvalue weighted by atomic mass is 19.1. The van der Waals surface area contributed by atoms with Gasteiger partial charge in [-0.15, -0.1) is 0 Å². The van der Waals surface area contributed by atoms with E-state index in [0.29, 0.717) is 6.04 Å². The number of hydrogen-bond donors (Lipinski definition) is 1. The van der Waals surface area contributed by atoms with E-state index in [1.165, 1.54) is 32.1 Å². The van der Waals surface area contributed by atoms with Crippen LogP contribution in [0.25, 0.3) is 0 Å². The average molecular weight is 273 g/mol.